The fourth-order valence-electron chi connectivity index (χ4n) is 1.64. The lowest BCUT2D eigenvalue weighted by Crippen LogP contribution is -2.43. The number of furan rings is 1. The van der Waals surface area contributed by atoms with Crippen molar-refractivity contribution in [2.24, 2.45) is 0 Å². The van der Waals surface area contributed by atoms with E-state index in [2.05, 4.69) is 16.2 Å². The van der Waals surface area contributed by atoms with E-state index in [1.807, 2.05) is 12.1 Å². The zero-order chi connectivity index (χ0) is 15.2. The maximum atomic E-state index is 11.8. The minimum atomic E-state index is -0.319. The smallest absolute Gasteiger partial charge is 0.273 e. The van der Waals surface area contributed by atoms with E-state index >= 15 is 0 Å². The highest BCUT2D eigenvalue weighted by Crippen LogP contribution is 2.14. The van der Waals surface area contributed by atoms with Crippen molar-refractivity contribution in [3.63, 3.8) is 0 Å². The lowest BCUT2D eigenvalue weighted by molar-refractivity contribution is 0.0942. The summed E-state index contributed by atoms with van der Waals surface area (Å²) in [6.45, 7) is 1.71. The molecular formula is C14H15N3O3S. The number of thiocarbonyl (C=S) groups is 1. The summed E-state index contributed by atoms with van der Waals surface area (Å²) in [5, 5.41) is 3.21. The van der Waals surface area contributed by atoms with Crippen molar-refractivity contribution >= 4 is 28.9 Å². The van der Waals surface area contributed by atoms with Crippen molar-refractivity contribution in [3.05, 3.63) is 47.9 Å². The lowest BCUT2D eigenvalue weighted by Gasteiger charge is -2.11. The van der Waals surface area contributed by atoms with Gasteiger partial charge < -0.3 is 14.5 Å². The zero-order valence-electron chi connectivity index (χ0n) is 11.6. The second kappa shape index (κ2) is 6.76. The first kappa shape index (κ1) is 14.9. The first-order valence-electron chi connectivity index (χ1n) is 6.15. The molecule has 0 saturated carbocycles. The van der Waals surface area contributed by atoms with Crippen LogP contribution in [0.25, 0.3) is 0 Å². The second-order valence-corrected chi connectivity index (χ2v) is 4.56. The molecule has 0 fully saturated rings. The quantitative estimate of drug-likeness (QED) is 0.596. The van der Waals surface area contributed by atoms with Gasteiger partial charge in [-0.2, -0.15) is 0 Å². The van der Waals surface area contributed by atoms with Crippen molar-refractivity contribution in [3.8, 4) is 5.75 Å². The number of benzene rings is 1. The van der Waals surface area contributed by atoms with E-state index in [1.54, 1.807) is 32.2 Å². The molecule has 0 unspecified atom stereocenters. The Morgan fingerprint density at radius 3 is 2.48 bits per heavy atom. The van der Waals surface area contributed by atoms with Crippen molar-refractivity contribution < 1.29 is 13.9 Å². The minimum Gasteiger partial charge on any atom is -0.497 e. The van der Waals surface area contributed by atoms with Crippen LogP contribution >= 0.6 is 12.2 Å². The Balaban J connectivity index is 1.84. The van der Waals surface area contributed by atoms with Gasteiger partial charge in [0.05, 0.1) is 18.9 Å². The first-order chi connectivity index (χ1) is 10.1. The van der Waals surface area contributed by atoms with Crippen LogP contribution in [0.4, 0.5) is 5.69 Å². The molecule has 3 N–H and O–H groups in total. The van der Waals surface area contributed by atoms with Crippen molar-refractivity contribution in [1.82, 2.24) is 10.9 Å². The zero-order valence-corrected chi connectivity index (χ0v) is 12.4. The van der Waals surface area contributed by atoms with E-state index in [0.29, 0.717) is 11.3 Å². The highest BCUT2D eigenvalue weighted by Gasteiger charge is 2.11. The van der Waals surface area contributed by atoms with Gasteiger partial charge in [0.15, 0.2) is 5.11 Å². The Hall–Kier alpha value is -2.54. The van der Waals surface area contributed by atoms with Gasteiger partial charge >= 0.3 is 0 Å². The van der Waals surface area contributed by atoms with Gasteiger partial charge in [0, 0.05) is 5.69 Å². The molecule has 2 rings (SSSR count). The molecule has 1 heterocycles. The van der Waals surface area contributed by atoms with Gasteiger partial charge in [-0.15, -0.1) is 0 Å². The van der Waals surface area contributed by atoms with E-state index in [-0.39, 0.29) is 11.0 Å². The summed E-state index contributed by atoms with van der Waals surface area (Å²) in [6, 6.07) is 8.83. The molecule has 0 aliphatic rings. The maximum absolute atomic E-state index is 11.8. The lowest BCUT2D eigenvalue weighted by atomic mass is 10.2. The molecular weight excluding hydrogens is 290 g/mol. The number of aryl methyl sites for hydroxylation is 1. The summed E-state index contributed by atoms with van der Waals surface area (Å²) in [7, 11) is 1.60. The molecule has 21 heavy (non-hydrogen) atoms. The summed E-state index contributed by atoms with van der Waals surface area (Å²) in [5.41, 5.74) is 6.35. The van der Waals surface area contributed by atoms with Gasteiger partial charge in [0.2, 0.25) is 0 Å². The number of nitrogens with one attached hydrogen (secondary N) is 3. The number of anilines is 1. The minimum absolute atomic E-state index is 0.273. The Morgan fingerprint density at radius 2 is 1.90 bits per heavy atom. The molecule has 0 aliphatic heterocycles. The van der Waals surface area contributed by atoms with Crippen LogP contribution in [0.2, 0.25) is 0 Å². The second-order valence-electron chi connectivity index (χ2n) is 4.15. The average molecular weight is 305 g/mol. The van der Waals surface area contributed by atoms with E-state index in [1.165, 1.54) is 6.26 Å². The molecule has 0 aliphatic carbocycles. The van der Waals surface area contributed by atoms with Gasteiger partial charge in [-0.1, -0.05) is 0 Å². The predicted octanol–water partition coefficient (Wildman–Crippen LogP) is 2.23. The van der Waals surface area contributed by atoms with Crippen molar-refractivity contribution in [2.75, 3.05) is 12.4 Å². The standard InChI is InChI=1S/C14H15N3O3S/c1-9-12(7-8-20-9)13(18)16-17-14(21)15-10-3-5-11(19-2)6-4-10/h3-8H,1-2H3,(H,16,18)(H2,15,17,21). The number of hydrogen-bond donors (Lipinski definition) is 3. The molecule has 0 radical (unpaired) electrons. The Labute approximate surface area is 127 Å². The van der Waals surface area contributed by atoms with Gasteiger partial charge in [-0.3, -0.25) is 15.6 Å². The van der Waals surface area contributed by atoms with Crippen LogP contribution in [0.5, 0.6) is 5.75 Å². The van der Waals surface area contributed by atoms with Crippen LogP contribution in [0, 0.1) is 6.92 Å². The number of hydrazine groups is 1. The largest absolute Gasteiger partial charge is 0.497 e. The third-order valence-electron chi connectivity index (χ3n) is 2.74. The van der Waals surface area contributed by atoms with Crippen LogP contribution in [0.3, 0.4) is 0 Å². The monoisotopic (exact) mass is 305 g/mol. The van der Waals surface area contributed by atoms with E-state index < -0.39 is 0 Å². The van der Waals surface area contributed by atoms with Crippen LogP contribution < -0.4 is 20.9 Å². The van der Waals surface area contributed by atoms with Crippen molar-refractivity contribution in [1.29, 1.82) is 0 Å². The highest BCUT2D eigenvalue weighted by molar-refractivity contribution is 7.80. The Morgan fingerprint density at radius 1 is 1.19 bits per heavy atom. The molecule has 7 heteroatoms. The highest BCUT2D eigenvalue weighted by atomic mass is 32.1. The number of ether oxygens (including phenoxy) is 1. The molecule has 0 spiro atoms. The average Bonchev–Trinajstić information content (AvgIpc) is 2.92. The van der Waals surface area contributed by atoms with Crippen LogP contribution in [-0.2, 0) is 0 Å². The molecule has 0 bridgehead atoms. The van der Waals surface area contributed by atoms with Crippen molar-refractivity contribution in [2.45, 2.75) is 6.92 Å². The summed E-state index contributed by atoms with van der Waals surface area (Å²) < 4.78 is 10.1. The van der Waals surface area contributed by atoms with E-state index in [0.717, 1.165) is 11.4 Å². The molecule has 2 aromatic rings. The van der Waals surface area contributed by atoms with E-state index in [4.69, 9.17) is 21.4 Å². The summed E-state index contributed by atoms with van der Waals surface area (Å²) >= 11 is 5.09. The maximum Gasteiger partial charge on any atom is 0.273 e. The third kappa shape index (κ3) is 3.96. The molecule has 6 nitrogen and oxygen atoms in total. The number of amides is 1. The fourth-order valence-corrected chi connectivity index (χ4v) is 1.81. The topological polar surface area (TPSA) is 75.5 Å². The summed E-state index contributed by atoms with van der Waals surface area (Å²) in [5.74, 6) is 0.978. The van der Waals surface area contributed by atoms with Gasteiger partial charge in [-0.25, -0.2) is 0 Å². The summed E-state index contributed by atoms with van der Waals surface area (Å²) in [6.07, 6.45) is 1.46. The Bertz CT molecular complexity index is 637. The molecule has 0 saturated heterocycles. The molecule has 1 aromatic heterocycles. The molecule has 110 valence electrons. The van der Waals surface area contributed by atoms with Crippen LogP contribution in [0.15, 0.2) is 41.0 Å². The number of hydrogen-bond acceptors (Lipinski definition) is 4. The Kier molecular flexibility index (Phi) is 4.78. The van der Waals surface area contributed by atoms with Gasteiger partial charge in [0.25, 0.3) is 5.91 Å². The van der Waals surface area contributed by atoms with Crippen LogP contribution in [0.1, 0.15) is 16.1 Å². The first-order valence-corrected chi connectivity index (χ1v) is 6.56. The molecule has 1 amide bonds. The van der Waals surface area contributed by atoms with Crippen LogP contribution in [-0.4, -0.2) is 18.1 Å². The fraction of sp³-hybridized carbons (Fsp3) is 0.143. The van der Waals surface area contributed by atoms with E-state index in [9.17, 15) is 4.79 Å². The summed E-state index contributed by atoms with van der Waals surface area (Å²) in [4.78, 5) is 11.8. The SMILES string of the molecule is COc1ccc(NC(=S)NNC(=O)c2ccoc2C)cc1. The molecule has 0 atom stereocenters. The van der Waals surface area contributed by atoms with Gasteiger partial charge in [-0.05, 0) is 49.5 Å². The number of carbonyl (C=O) groups is 1. The normalized spacial score (nSPS) is 9.81. The third-order valence-corrected chi connectivity index (χ3v) is 2.95. The number of rotatable bonds is 3. The number of methoxy groups -OCH3 is 1. The number of carbonyl (C=O) groups excluding carboxylic acids is 1. The predicted molar refractivity (Wildman–Crippen MR) is 83.3 cm³/mol. The van der Waals surface area contributed by atoms with Gasteiger partial charge in [0.1, 0.15) is 11.5 Å². The molecule has 1 aromatic carbocycles.